The summed E-state index contributed by atoms with van der Waals surface area (Å²) in [6.45, 7) is 5.60. The van der Waals surface area contributed by atoms with E-state index in [9.17, 15) is 4.79 Å². The highest BCUT2D eigenvalue weighted by molar-refractivity contribution is 5.78. The zero-order valence-electron chi connectivity index (χ0n) is 16.4. The number of carbonyl (C=O) groups is 1. The van der Waals surface area contributed by atoms with Crippen molar-refractivity contribution in [3.63, 3.8) is 0 Å². The van der Waals surface area contributed by atoms with Crippen molar-refractivity contribution in [3.8, 4) is 11.5 Å². The van der Waals surface area contributed by atoms with Gasteiger partial charge in [0.05, 0.1) is 13.6 Å². The van der Waals surface area contributed by atoms with Gasteiger partial charge in [-0.2, -0.15) is 0 Å². The molecule has 0 radical (unpaired) electrons. The highest BCUT2D eigenvalue weighted by Crippen LogP contribution is 2.33. The van der Waals surface area contributed by atoms with Gasteiger partial charge in [0, 0.05) is 11.5 Å². The third-order valence-corrected chi connectivity index (χ3v) is 6.49. The standard InChI is InChI=1S/C21H31N3O3/c1-23-9-11-24(12-10-23)18(14-22-21(25)16-5-3-2-4-6-16)17-7-8-19-20(13-17)27-15-26-19/h7-8,13,16,18H,2-6,9-12,14-15H2,1H3,(H,22,25)/p+2/t18-/m0/s1. The molecule has 0 spiro atoms. The monoisotopic (exact) mass is 375 g/mol. The van der Waals surface area contributed by atoms with Gasteiger partial charge in [-0.25, -0.2) is 0 Å². The van der Waals surface area contributed by atoms with Crippen LogP contribution in [0.4, 0.5) is 0 Å². The normalized spacial score (nSPS) is 26.6. The third-order valence-electron chi connectivity index (χ3n) is 6.49. The van der Waals surface area contributed by atoms with Crippen molar-refractivity contribution in [3.05, 3.63) is 23.8 Å². The molecule has 6 nitrogen and oxygen atoms in total. The molecule has 6 heteroatoms. The molecular weight excluding hydrogens is 342 g/mol. The quantitative estimate of drug-likeness (QED) is 0.655. The summed E-state index contributed by atoms with van der Waals surface area (Å²) >= 11 is 0. The molecule has 1 amide bonds. The predicted molar refractivity (Wildman–Crippen MR) is 102 cm³/mol. The maximum atomic E-state index is 12.7. The average molecular weight is 376 g/mol. The van der Waals surface area contributed by atoms with E-state index in [2.05, 4.69) is 24.5 Å². The van der Waals surface area contributed by atoms with Gasteiger partial charge in [0.15, 0.2) is 11.5 Å². The fourth-order valence-electron chi connectivity index (χ4n) is 4.69. The zero-order valence-corrected chi connectivity index (χ0v) is 16.4. The van der Waals surface area contributed by atoms with Crippen molar-refractivity contribution in [1.82, 2.24) is 5.32 Å². The summed E-state index contributed by atoms with van der Waals surface area (Å²) in [4.78, 5) is 15.8. The average Bonchev–Trinajstić information content (AvgIpc) is 3.18. The number of hydrogen-bond donors (Lipinski definition) is 3. The Balaban J connectivity index is 1.46. The van der Waals surface area contributed by atoms with Gasteiger partial charge in [-0.1, -0.05) is 19.3 Å². The molecule has 0 bridgehead atoms. The molecule has 1 saturated heterocycles. The van der Waals surface area contributed by atoms with Crippen molar-refractivity contribution in [2.24, 2.45) is 5.92 Å². The van der Waals surface area contributed by atoms with Crippen molar-refractivity contribution >= 4 is 5.91 Å². The Morgan fingerprint density at radius 3 is 2.63 bits per heavy atom. The Morgan fingerprint density at radius 2 is 1.85 bits per heavy atom. The fourth-order valence-corrected chi connectivity index (χ4v) is 4.69. The molecule has 3 N–H and O–H groups in total. The molecule has 0 aromatic heterocycles. The van der Waals surface area contributed by atoms with Gasteiger partial charge < -0.3 is 24.6 Å². The Morgan fingerprint density at radius 1 is 1.11 bits per heavy atom. The molecule has 27 heavy (non-hydrogen) atoms. The van der Waals surface area contributed by atoms with Crippen molar-refractivity contribution in [2.75, 3.05) is 46.6 Å². The second-order valence-electron chi connectivity index (χ2n) is 8.36. The number of benzene rings is 1. The maximum Gasteiger partial charge on any atom is 0.231 e. The summed E-state index contributed by atoms with van der Waals surface area (Å²) in [5.74, 6) is 2.11. The molecule has 2 fully saturated rings. The summed E-state index contributed by atoms with van der Waals surface area (Å²) in [7, 11) is 2.26. The van der Waals surface area contributed by atoms with Crippen LogP contribution in [0.3, 0.4) is 0 Å². The smallest absolute Gasteiger partial charge is 0.231 e. The van der Waals surface area contributed by atoms with Crippen molar-refractivity contribution < 1.29 is 24.1 Å². The van der Waals surface area contributed by atoms with Crippen LogP contribution in [0.15, 0.2) is 18.2 Å². The molecule has 1 aromatic carbocycles. The van der Waals surface area contributed by atoms with Crippen LogP contribution < -0.4 is 24.6 Å². The van der Waals surface area contributed by atoms with Gasteiger partial charge in [-0.3, -0.25) is 4.79 Å². The van der Waals surface area contributed by atoms with Crippen LogP contribution in [0.25, 0.3) is 0 Å². The van der Waals surface area contributed by atoms with Gasteiger partial charge in [0.2, 0.25) is 12.7 Å². The van der Waals surface area contributed by atoms with Crippen LogP contribution in [-0.4, -0.2) is 52.5 Å². The number of piperazine rings is 1. The van der Waals surface area contributed by atoms with E-state index in [1.54, 1.807) is 9.80 Å². The van der Waals surface area contributed by atoms with Crippen LogP contribution in [-0.2, 0) is 4.79 Å². The van der Waals surface area contributed by atoms with E-state index < -0.39 is 0 Å². The van der Waals surface area contributed by atoms with Crippen LogP contribution in [0.5, 0.6) is 11.5 Å². The Bertz CT molecular complexity index is 652. The van der Waals surface area contributed by atoms with Crippen LogP contribution in [0, 0.1) is 5.92 Å². The number of hydrogen-bond acceptors (Lipinski definition) is 3. The second-order valence-corrected chi connectivity index (χ2v) is 8.36. The SMILES string of the molecule is C[NH+]1CC[NH+]([C@@H](CNC(=O)C2CCCCC2)c2ccc3c(c2)OCO3)CC1. The topological polar surface area (TPSA) is 56.4 Å². The van der Waals surface area contributed by atoms with Crippen molar-refractivity contribution in [1.29, 1.82) is 0 Å². The predicted octanol–water partition coefficient (Wildman–Crippen LogP) is -0.434. The minimum atomic E-state index is 0.211. The highest BCUT2D eigenvalue weighted by atomic mass is 16.7. The summed E-state index contributed by atoms with van der Waals surface area (Å²) in [6, 6.07) is 6.52. The molecule has 2 aliphatic heterocycles. The van der Waals surface area contributed by atoms with Crippen LogP contribution in [0.1, 0.15) is 43.7 Å². The molecule has 1 aromatic rings. The van der Waals surface area contributed by atoms with Gasteiger partial charge in [-0.05, 0) is 31.0 Å². The summed E-state index contributed by atoms with van der Waals surface area (Å²) in [5, 5.41) is 3.29. The summed E-state index contributed by atoms with van der Waals surface area (Å²) in [6.07, 6.45) is 5.75. The highest BCUT2D eigenvalue weighted by Gasteiger charge is 2.31. The molecule has 2 heterocycles. The first-order valence-electron chi connectivity index (χ1n) is 10.5. The Labute approximate surface area is 161 Å². The van der Waals surface area contributed by atoms with E-state index >= 15 is 0 Å². The Hall–Kier alpha value is -1.79. The number of carbonyl (C=O) groups excluding carboxylic acids is 1. The van der Waals surface area contributed by atoms with E-state index in [1.807, 2.05) is 6.07 Å². The molecule has 4 rings (SSSR count). The molecular formula is C21H33N3O3+2. The molecule has 1 atom stereocenters. The third kappa shape index (κ3) is 4.38. The molecule has 0 unspecified atom stereocenters. The first kappa shape index (κ1) is 18.6. The molecule has 1 saturated carbocycles. The van der Waals surface area contributed by atoms with E-state index in [-0.39, 0.29) is 17.9 Å². The fraction of sp³-hybridized carbons (Fsp3) is 0.667. The lowest BCUT2D eigenvalue weighted by Gasteiger charge is -2.34. The number of nitrogens with one attached hydrogen (secondary N) is 3. The van der Waals surface area contributed by atoms with E-state index in [4.69, 9.17) is 9.47 Å². The largest absolute Gasteiger partial charge is 0.454 e. The molecule has 148 valence electrons. The molecule has 1 aliphatic carbocycles. The van der Waals surface area contributed by atoms with Gasteiger partial charge in [0.1, 0.15) is 32.2 Å². The van der Waals surface area contributed by atoms with Crippen molar-refractivity contribution in [2.45, 2.75) is 38.1 Å². The van der Waals surface area contributed by atoms with E-state index in [1.165, 1.54) is 37.9 Å². The zero-order chi connectivity index (χ0) is 18.6. The summed E-state index contributed by atoms with van der Waals surface area (Å²) < 4.78 is 11.1. The second kappa shape index (κ2) is 8.48. The van der Waals surface area contributed by atoms with Gasteiger partial charge >= 0.3 is 0 Å². The minimum absolute atomic E-state index is 0.211. The minimum Gasteiger partial charge on any atom is -0.454 e. The first-order chi connectivity index (χ1) is 13.2. The number of quaternary nitrogens is 2. The molecule has 3 aliphatic rings. The maximum absolute atomic E-state index is 12.7. The summed E-state index contributed by atoms with van der Waals surface area (Å²) in [5.41, 5.74) is 1.23. The van der Waals surface area contributed by atoms with E-state index in [0.717, 1.165) is 37.4 Å². The number of fused-ring (bicyclic) bond motifs is 1. The Kier molecular flexibility index (Phi) is 5.83. The number of ether oxygens (including phenoxy) is 2. The lowest BCUT2D eigenvalue weighted by atomic mass is 9.88. The van der Waals surface area contributed by atoms with Crippen LogP contribution >= 0.6 is 0 Å². The van der Waals surface area contributed by atoms with E-state index in [0.29, 0.717) is 13.3 Å². The van der Waals surface area contributed by atoms with Gasteiger partial charge in [0.25, 0.3) is 0 Å². The number of likely N-dealkylation sites (N-methyl/N-ethyl adjacent to an activating group) is 1. The first-order valence-corrected chi connectivity index (χ1v) is 10.5. The lowest BCUT2D eigenvalue weighted by molar-refractivity contribution is -1.02. The lowest BCUT2D eigenvalue weighted by Crippen LogP contribution is -3.27. The van der Waals surface area contributed by atoms with Gasteiger partial charge in [-0.15, -0.1) is 0 Å². The number of rotatable bonds is 5. The van der Waals surface area contributed by atoms with Crippen LogP contribution in [0.2, 0.25) is 0 Å². The number of amides is 1.